The molecule has 29 heavy (non-hydrogen) atoms. The summed E-state index contributed by atoms with van der Waals surface area (Å²) < 4.78 is 11.0. The number of hydrogen-bond donors (Lipinski definition) is 0. The summed E-state index contributed by atoms with van der Waals surface area (Å²) in [5, 5.41) is 11.4. The Balaban J connectivity index is 1.72. The Morgan fingerprint density at radius 3 is 2.24 bits per heavy atom. The van der Waals surface area contributed by atoms with Crippen LogP contribution in [0.5, 0.6) is 5.75 Å². The molecule has 0 radical (unpaired) electrons. The summed E-state index contributed by atoms with van der Waals surface area (Å²) in [5.74, 6) is 0.688. The second-order valence-corrected chi connectivity index (χ2v) is 7.10. The predicted molar refractivity (Wildman–Crippen MR) is 110 cm³/mol. The number of nitro groups is 1. The van der Waals surface area contributed by atoms with Gasteiger partial charge in [-0.25, -0.2) is 0 Å². The van der Waals surface area contributed by atoms with Crippen molar-refractivity contribution < 1.29 is 14.4 Å². The SMILES string of the molecule is CN(Cc1cc([N+](=O)[O-])cc2c1OCOC2)C(c1ccccc1)c1ccccc1. The molecule has 4 rings (SSSR count). The van der Waals surface area contributed by atoms with Gasteiger partial charge >= 0.3 is 0 Å². The Kier molecular flexibility index (Phi) is 5.55. The highest BCUT2D eigenvalue weighted by Crippen LogP contribution is 2.36. The van der Waals surface area contributed by atoms with Crippen molar-refractivity contribution in [2.75, 3.05) is 13.8 Å². The van der Waals surface area contributed by atoms with E-state index in [-0.39, 0.29) is 23.4 Å². The molecule has 0 amide bonds. The highest BCUT2D eigenvalue weighted by Gasteiger charge is 2.25. The van der Waals surface area contributed by atoms with Gasteiger partial charge < -0.3 is 9.47 Å². The Labute approximate surface area is 169 Å². The lowest BCUT2D eigenvalue weighted by atomic mass is 9.96. The topological polar surface area (TPSA) is 64.8 Å². The molecule has 0 aromatic heterocycles. The van der Waals surface area contributed by atoms with Crippen LogP contribution in [0.15, 0.2) is 72.8 Å². The maximum atomic E-state index is 11.4. The summed E-state index contributed by atoms with van der Waals surface area (Å²) >= 11 is 0. The summed E-state index contributed by atoms with van der Waals surface area (Å²) in [5.41, 5.74) is 3.87. The third kappa shape index (κ3) is 4.13. The van der Waals surface area contributed by atoms with Crippen molar-refractivity contribution in [1.29, 1.82) is 0 Å². The smallest absolute Gasteiger partial charge is 0.270 e. The first-order chi connectivity index (χ1) is 14.1. The summed E-state index contributed by atoms with van der Waals surface area (Å²) in [6.45, 7) is 0.968. The van der Waals surface area contributed by atoms with Crippen molar-refractivity contribution in [1.82, 2.24) is 4.90 Å². The van der Waals surface area contributed by atoms with Gasteiger partial charge in [0.1, 0.15) is 5.75 Å². The van der Waals surface area contributed by atoms with E-state index in [1.54, 1.807) is 6.07 Å². The second-order valence-electron chi connectivity index (χ2n) is 7.10. The average Bonchev–Trinajstić information content (AvgIpc) is 2.75. The molecule has 6 heteroatoms. The first-order valence-corrected chi connectivity index (χ1v) is 9.44. The van der Waals surface area contributed by atoms with Crippen LogP contribution in [0.2, 0.25) is 0 Å². The van der Waals surface area contributed by atoms with E-state index in [1.165, 1.54) is 6.07 Å². The quantitative estimate of drug-likeness (QED) is 0.452. The third-order valence-corrected chi connectivity index (χ3v) is 5.07. The lowest BCUT2D eigenvalue weighted by molar-refractivity contribution is -0.385. The third-order valence-electron chi connectivity index (χ3n) is 5.07. The van der Waals surface area contributed by atoms with Crippen molar-refractivity contribution in [2.24, 2.45) is 0 Å². The van der Waals surface area contributed by atoms with Crippen LogP contribution in [-0.2, 0) is 17.9 Å². The number of ether oxygens (including phenoxy) is 2. The van der Waals surface area contributed by atoms with Crippen molar-refractivity contribution in [3.8, 4) is 5.75 Å². The lowest BCUT2D eigenvalue weighted by Crippen LogP contribution is -2.26. The van der Waals surface area contributed by atoms with Crippen LogP contribution in [0.25, 0.3) is 0 Å². The van der Waals surface area contributed by atoms with Crippen LogP contribution in [0.4, 0.5) is 5.69 Å². The van der Waals surface area contributed by atoms with E-state index in [4.69, 9.17) is 9.47 Å². The first-order valence-electron chi connectivity index (χ1n) is 9.44. The normalized spacial score (nSPS) is 13.2. The van der Waals surface area contributed by atoms with Gasteiger partial charge in [0.15, 0.2) is 6.79 Å². The first kappa shape index (κ1) is 19.1. The van der Waals surface area contributed by atoms with E-state index in [0.29, 0.717) is 24.5 Å². The standard InChI is InChI=1S/C23H22N2O4/c1-24(22(17-8-4-2-5-9-17)18-10-6-3-7-11-18)14-19-12-21(25(26)27)13-20-15-28-16-29-23(19)20/h2-13,22H,14-16H2,1H3. The Hall–Kier alpha value is -3.22. The predicted octanol–water partition coefficient (Wildman–Crippen LogP) is 4.68. The molecule has 6 nitrogen and oxygen atoms in total. The molecule has 1 heterocycles. The van der Waals surface area contributed by atoms with Crippen LogP contribution >= 0.6 is 0 Å². The highest BCUT2D eigenvalue weighted by molar-refractivity contribution is 5.50. The molecule has 0 saturated carbocycles. The van der Waals surface area contributed by atoms with Crippen LogP contribution in [0.1, 0.15) is 28.3 Å². The minimum absolute atomic E-state index is 0.00662. The van der Waals surface area contributed by atoms with Gasteiger partial charge in [-0.15, -0.1) is 0 Å². The molecule has 0 atom stereocenters. The minimum Gasteiger partial charge on any atom is -0.467 e. The maximum Gasteiger partial charge on any atom is 0.270 e. The fourth-order valence-electron chi connectivity index (χ4n) is 3.84. The Morgan fingerprint density at radius 2 is 1.66 bits per heavy atom. The van der Waals surface area contributed by atoms with Gasteiger partial charge in [-0.05, 0) is 18.2 Å². The van der Waals surface area contributed by atoms with Crippen LogP contribution in [0, 0.1) is 10.1 Å². The summed E-state index contributed by atoms with van der Waals surface area (Å²) in [6.07, 6.45) is 0. The molecule has 3 aromatic rings. The van der Waals surface area contributed by atoms with Crippen molar-refractivity contribution in [2.45, 2.75) is 19.2 Å². The summed E-state index contributed by atoms with van der Waals surface area (Å²) in [6, 6.07) is 23.6. The summed E-state index contributed by atoms with van der Waals surface area (Å²) in [4.78, 5) is 13.2. The number of non-ortho nitro benzene ring substituents is 1. The molecule has 3 aromatic carbocycles. The molecule has 0 fully saturated rings. The van der Waals surface area contributed by atoms with Gasteiger partial charge in [-0.2, -0.15) is 0 Å². The van der Waals surface area contributed by atoms with Crippen molar-refractivity contribution in [3.63, 3.8) is 0 Å². The highest BCUT2D eigenvalue weighted by atomic mass is 16.7. The molecule has 0 unspecified atom stereocenters. The van der Waals surface area contributed by atoms with Gasteiger partial charge in [0, 0.05) is 29.8 Å². The van der Waals surface area contributed by atoms with Gasteiger partial charge in [0.25, 0.3) is 5.69 Å². The number of benzene rings is 3. The van der Waals surface area contributed by atoms with Gasteiger partial charge in [0.2, 0.25) is 0 Å². The molecular formula is C23H22N2O4. The molecule has 0 bridgehead atoms. The van der Waals surface area contributed by atoms with Crippen LogP contribution in [-0.4, -0.2) is 23.7 Å². The largest absolute Gasteiger partial charge is 0.467 e. The van der Waals surface area contributed by atoms with E-state index in [1.807, 2.05) is 43.4 Å². The fraction of sp³-hybridized carbons (Fsp3) is 0.217. The van der Waals surface area contributed by atoms with Gasteiger partial charge in [-0.1, -0.05) is 60.7 Å². The van der Waals surface area contributed by atoms with Crippen LogP contribution in [0.3, 0.4) is 0 Å². The fourth-order valence-corrected chi connectivity index (χ4v) is 3.84. The Morgan fingerprint density at radius 1 is 1.03 bits per heavy atom. The molecule has 0 spiro atoms. The van der Waals surface area contributed by atoms with Crippen molar-refractivity contribution in [3.05, 3.63) is 105 Å². The average molecular weight is 390 g/mol. The van der Waals surface area contributed by atoms with Crippen molar-refractivity contribution >= 4 is 5.69 Å². The maximum absolute atomic E-state index is 11.4. The number of nitro benzene ring substituents is 1. The molecule has 1 aliphatic rings. The molecule has 1 aliphatic heterocycles. The Bertz CT molecular complexity index is 953. The molecule has 148 valence electrons. The molecule has 0 N–H and O–H groups in total. The van der Waals surface area contributed by atoms with E-state index in [2.05, 4.69) is 29.2 Å². The van der Waals surface area contributed by atoms with Crippen LogP contribution < -0.4 is 4.74 Å². The van der Waals surface area contributed by atoms with E-state index in [0.717, 1.165) is 16.7 Å². The molecule has 0 saturated heterocycles. The zero-order chi connectivity index (χ0) is 20.2. The monoisotopic (exact) mass is 390 g/mol. The van der Waals surface area contributed by atoms with E-state index >= 15 is 0 Å². The molecular weight excluding hydrogens is 368 g/mol. The van der Waals surface area contributed by atoms with Gasteiger partial charge in [-0.3, -0.25) is 15.0 Å². The summed E-state index contributed by atoms with van der Waals surface area (Å²) in [7, 11) is 2.02. The van der Waals surface area contributed by atoms with Gasteiger partial charge in [0.05, 0.1) is 17.6 Å². The number of hydrogen-bond acceptors (Lipinski definition) is 5. The minimum atomic E-state index is -0.371. The van der Waals surface area contributed by atoms with E-state index < -0.39 is 0 Å². The number of rotatable bonds is 6. The molecule has 0 aliphatic carbocycles. The zero-order valence-electron chi connectivity index (χ0n) is 16.2. The van der Waals surface area contributed by atoms with E-state index in [9.17, 15) is 10.1 Å². The second kappa shape index (κ2) is 8.43. The number of fused-ring (bicyclic) bond motifs is 1. The lowest BCUT2D eigenvalue weighted by Gasteiger charge is -2.30. The zero-order valence-corrected chi connectivity index (χ0v) is 16.2. The number of nitrogens with zero attached hydrogens (tertiary/aromatic N) is 2.